The Kier molecular flexibility index (Phi) is 3.77. The maximum atomic E-state index is 11.4. The van der Waals surface area contributed by atoms with Gasteiger partial charge in [-0.1, -0.05) is 11.6 Å². The van der Waals surface area contributed by atoms with E-state index in [0.717, 1.165) is 5.56 Å². The van der Waals surface area contributed by atoms with Gasteiger partial charge in [-0.15, -0.1) is 0 Å². The first-order chi connectivity index (χ1) is 8.37. The first-order valence-electron chi connectivity index (χ1n) is 5.82. The van der Waals surface area contributed by atoms with E-state index in [4.69, 9.17) is 11.6 Å². The lowest BCUT2D eigenvalue weighted by molar-refractivity contribution is 0.595. The first kappa shape index (κ1) is 13.5. The molecule has 18 heavy (non-hydrogen) atoms. The van der Waals surface area contributed by atoms with E-state index in [1.54, 1.807) is 6.92 Å². The van der Waals surface area contributed by atoms with Gasteiger partial charge >= 0.3 is 0 Å². The van der Waals surface area contributed by atoms with Crippen molar-refractivity contribution in [2.24, 2.45) is 5.92 Å². The standard InChI is InChI=1S/C11H16ClN3O2S/c1-7-10(12)14-8(2)15-11(7)13-5-9-3-4-18(16,17)6-9/h9H,3-6H2,1-2H3,(H,13,14,15). The van der Waals surface area contributed by atoms with Crippen molar-refractivity contribution in [2.45, 2.75) is 20.3 Å². The highest BCUT2D eigenvalue weighted by molar-refractivity contribution is 7.91. The van der Waals surface area contributed by atoms with E-state index in [9.17, 15) is 8.42 Å². The minimum atomic E-state index is -2.83. The molecule has 1 aliphatic rings. The Bertz CT molecular complexity index is 560. The first-order valence-corrected chi connectivity index (χ1v) is 8.02. The third-order valence-corrected chi connectivity index (χ3v) is 5.29. The predicted octanol–water partition coefficient (Wildman–Crippen LogP) is 1.59. The molecule has 1 N–H and O–H groups in total. The van der Waals surface area contributed by atoms with Gasteiger partial charge in [0.2, 0.25) is 0 Å². The van der Waals surface area contributed by atoms with Crippen LogP contribution in [0.3, 0.4) is 0 Å². The number of aryl methyl sites for hydroxylation is 1. The minimum absolute atomic E-state index is 0.156. The van der Waals surface area contributed by atoms with Crippen molar-refractivity contribution in [3.05, 3.63) is 16.5 Å². The van der Waals surface area contributed by atoms with Gasteiger partial charge in [0.1, 0.15) is 16.8 Å². The fraction of sp³-hybridized carbons (Fsp3) is 0.636. The highest BCUT2D eigenvalue weighted by Crippen LogP contribution is 2.22. The number of hydrogen-bond donors (Lipinski definition) is 1. The molecule has 2 rings (SSSR count). The molecule has 2 heterocycles. The second-order valence-corrected chi connectivity index (χ2v) is 7.27. The number of halogens is 1. The largest absolute Gasteiger partial charge is 0.369 e. The van der Waals surface area contributed by atoms with Crippen LogP contribution in [-0.2, 0) is 9.84 Å². The predicted molar refractivity (Wildman–Crippen MR) is 71.8 cm³/mol. The molecule has 1 fully saturated rings. The molecular weight excluding hydrogens is 274 g/mol. The lowest BCUT2D eigenvalue weighted by atomic mass is 10.1. The van der Waals surface area contributed by atoms with Crippen molar-refractivity contribution < 1.29 is 8.42 Å². The molecule has 0 amide bonds. The van der Waals surface area contributed by atoms with Crippen LogP contribution in [0.25, 0.3) is 0 Å². The molecule has 1 saturated heterocycles. The van der Waals surface area contributed by atoms with Gasteiger partial charge in [-0.05, 0) is 26.2 Å². The summed E-state index contributed by atoms with van der Waals surface area (Å²) >= 11 is 5.97. The molecule has 0 saturated carbocycles. The topological polar surface area (TPSA) is 72.0 Å². The Morgan fingerprint density at radius 3 is 2.72 bits per heavy atom. The summed E-state index contributed by atoms with van der Waals surface area (Å²) in [5.74, 6) is 2.01. The maximum Gasteiger partial charge on any atom is 0.150 e. The van der Waals surface area contributed by atoms with Crippen molar-refractivity contribution in [1.29, 1.82) is 0 Å². The molecule has 1 aliphatic heterocycles. The fourth-order valence-electron chi connectivity index (χ4n) is 2.04. The number of anilines is 1. The van der Waals surface area contributed by atoms with Gasteiger partial charge in [0.15, 0.2) is 9.84 Å². The van der Waals surface area contributed by atoms with Crippen LogP contribution in [0.15, 0.2) is 0 Å². The average Bonchev–Trinajstić information content (AvgIpc) is 2.61. The number of aromatic nitrogens is 2. The van der Waals surface area contributed by atoms with Crippen LogP contribution in [0.2, 0.25) is 5.15 Å². The summed E-state index contributed by atoms with van der Waals surface area (Å²) in [4.78, 5) is 8.33. The van der Waals surface area contributed by atoms with Gasteiger partial charge < -0.3 is 5.32 Å². The zero-order valence-electron chi connectivity index (χ0n) is 10.4. The third kappa shape index (κ3) is 3.11. The minimum Gasteiger partial charge on any atom is -0.369 e. The lowest BCUT2D eigenvalue weighted by Gasteiger charge is -2.13. The van der Waals surface area contributed by atoms with Gasteiger partial charge in [0.05, 0.1) is 11.5 Å². The van der Waals surface area contributed by atoms with Crippen LogP contribution in [0.1, 0.15) is 17.8 Å². The molecule has 0 spiro atoms. The zero-order chi connectivity index (χ0) is 13.3. The second kappa shape index (κ2) is 5.01. The SMILES string of the molecule is Cc1nc(Cl)c(C)c(NCC2CCS(=O)(=O)C2)n1. The van der Waals surface area contributed by atoms with E-state index in [1.165, 1.54) is 0 Å². The van der Waals surface area contributed by atoms with Crippen LogP contribution in [0, 0.1) is 19.8 Å². The van der Waals surface area contributed by atoms with E-state index in [0.29, 0.717) is 35.5 Å². The molecule has 0 aliphatic carbocycles. The Balaban J connectivity index is 2.03. The van der Waals surface area contributed by atoms with Gasteiger partial charge in [-0.2, -0.15) is 0 Å². The molecule has 1 aromatic rings. The van der Waals surface area contributed by atoms with E-state index < -0.39 is 9.84 Å². The summed E-state index contributed by atoms with van der Waals surface area (Å²) in [7, 11) is -2.83. The normalized spacial score (nSPS) is 22.1. The monoisotopic (exact) mass is 289 g/mol. The maximum absolute atomic E-state index is 11.4. The Hall–Kier alpha value is -0.880. The molecule has 0 aromatic carbocycles. The Morgan fingerprint density at radius 2 is 2.11 bits per heavy atom. The molecular formula is C11H16ClN3O2S. The smallest absolute Gasteiger partial charge is 0.150 e. The van der Waals surface area contributed by atoms with Gasteiger partial charge in [-0.25, -0.2) is 18.4 Å². The summed E-state index contributed by atoms with van der Waals surface area (Å²) in [6.07, 6.45) is 0.714. The fourth-order valence-corrected chi connectivity index (χ4v) is 4.11. The zero-order valence-corrected chi connectivity index (χ0v) is 12.0. The van der Waals surface area contributed by atoms with E-state index in [-0.39, 0.29) is 11.7 Å². The van der Waals surface area contributed by atoms with E-state index >= 15 is 0 Å². The van der Waals surface area contributed by atoms with Crippen molar-refractivity contribution >= 4 is 27.3 Å². The summed E-state index contributed by atoms with van der Waals surface area (Å²) in [5, 5.41) is 3.61. The Morgan fingerprint density at radius 1 is 1.39 bits per heavy atom. The van der Waals surface area contributed by atoms with Crippen LogP contribution in [-0.4, -0.2) is 36.4 Å². The number of nitrogens with one attached hydrogen (secondary N) is 1. The molecule has 0 radical (unpaired) electrons. The molecule has 1 aromatic heterocycles. The van der Waals surface area contributed by atoms with Crippen molar-refractivity contribution in [2.75, 3.05) is 23.4 Å². The van der Waals surface area contributed by atoms with Crippen LogP contribution >= 0.6 is 11.6 Å². The third-order valence-electron chi connectivity index (χ3n) is 3.08. The molecule has 1 atom stereocenters. The number of nitrogens with zero attached hydrogens (tertiary/aromatic N) is 2. The quantitative estimate of drug-likeness (QED) is 0.856. The molecule has 0 bridgehead atoms. The summed E-state index contributed by atoms with van der Waals surface area (Å²) in [6.45, 7) is 4.22. The van der Waals surface area contributed by atoms with Crippen LogP contribution < -0.4 is 5.32 Å². The molecule has 7 heteroatoms. The highest BCUT2D eigenvalue weighted by atomic mass is 35.5. The van der Waals surface area contributed by atoms with E-state index in [1.807, 2.05) is 6.92 Å². The molecule has 5 nitrogen and oxygen atoms in total. The molecule has 100 valence electrons. The van der Waals surface area contributed by atoms with Crippen LogP contribution in [0.5, 0.6) is 0 Å². The van der Waals surface area contributed by atoms with E-state index in [2.05, 4.69) is 15.3 Å². The van der Waals surface area contributed by atoms with Crippen molar-refractivity contribution in [1.82, 2.24) is 9.97 Å². The Labute approximate surface area is 112 Å². The summed E-state index contributed by atoms with van der Waals surface area (Å²) < 4.78 is 22.7. The van der Waals surface area contributed by atoms with Gasteiger partial charge in [0.25, 0.3) is 0 Å². The highest BCUT2D eigenvalue weighted by Gasteiger charge is 2.27. The number of sulfone groups is 1. The van der Waals surface area contributed by atoms with Gasteiger partial charge in [0, 0.05) is 12.1 Å². The number of rotatable bonds is 3. The summed E-state index contributed by atoms with van der Waals surface area (Å²) in [6, 6.07) is 0. The lowest BCUT2D eigenvalue weighted by Crippen LogP contribution is -2.17. The van der Waals surface area contributed by atoms with Crippen molar-refractivity contribution in [3.8, 4) is 0 Å². The summed E-state index contributed by atoms with van der Waals surface area (Å²) in [5.41, 5.74) is 0.795. The molecule has 1 unspecified atom stereocenters. The van der Waals surface area contributed by atoms with Gasteiger partial charge in [-0.3, -0.25) is 0 Å². The second-order valence-electron chi connectivity index (χ2n) is 4.69. The van der Waals surface area contributed by atoms with Crippen LogP contribution in [0.4, 0.5) is 5.82 Å². The van der Waals surface area contributed by atoms with Crippen molar-refractivity contribution in [3.63, 3.8) is 0 Å². The number of hydrogen-bond acceptors (Lipinski definition) is 5. The average molecular weight is 290 g/mol.